The van der Waals surface area contributed by atoms with Crippen molar-refractivity contribution in [3.05, 3.63) is 88.7 Å². The van der Waals surface area contributed by atoms with Gasteiger partial charge in [-0.15, -0.1) is 0 Å². The molecule has 7 heteroatoms. The first-order valence-corrected chi connectivity index (χ1v) is 9.73. The lowest BCUT2D eigenvalue weighted by molar-refractivity contribution is -0.385. The molecule has 0 radical (unpaired) electrons. The summed E-state index contributed by atoms with van der Waals surface area (Å²) in [6.07, 6.45) is 3.14. The van der Waals surface area contributed by atoms with Crippen LogP contribution in [0, 0.1) is 10.1 Å². The lowest BCUT2D eigenvalue weighted by Crippen LogP contribution is -2.26. The van der Waals surface area contributed by atoms with Gasteiger partial charge in [-0.2, -0.15) is 4.98 Å². The lowest BCUT2D eigenvalue weighted by Gasteiger charge is -2.29. The number of para-hydroxylation sites is 1. The number of aromatic nitrogens is 2. The van der Waals surface area contributed by atoms with E-state index < -0.39 is 4.92 Å². The molecule has 4 aromatic rings. The van der Waals surface area contributed by atoms with Crippen molar-refractivity contribution >= 4 is 28.0 Å². The van der Waals surface area contributed by atoms with Gasteiger partial charge in [-0.3, -0.25) is 10.1 Å². The van der Waals surface area contributed by atoms with Gasteiger partial charge in [-0.25, -0.2) is 4.98 Å². The third-order valence-corrected chi connectivity index (χ3v) is 5.27. The van der Waals surface area contributed by atoms with E-state index in [2.05, 4.69) is 9.97 Å². The van der Waals surface area contributed by atoms with Gasteiger partial charge in [-0.05, 0) is 35.9 Å². The van der Waals surface area contributed by atoms with E-state index in [-0.39, 0.29) is 17.4 Å². The molecule has 2 heterocycles. The van der Waals surface area contributed by atoms with Crippen LogP contribution < -0.4 is 9.64 Å². The molecule has 1 aliphatic rings. The summed E-state index contributed by atoms with van der Waals surface area (Å²) < 4.78 is 5.98. The summed E-state index contributed by atoms with van der Waals surface area (Å²) in [5.41, 5.74) is 1.84. The summed E-state index contributed by atoms with van der Waals surface area (Å²) in [5, 5.41) is 13.9. The average Bonchev–Trinajstić information content (AvgIpc) is 2.78. The first-order chi connectivity index (χ1) is 14.7. The zero-order valence-electron chi connectivity index (χ0n) is 16.1. The van der Waals surface area contributed by atoms with Gasteiger partial charge in [0.2, 0.25) is 5.82 Å². The van der Waals surface area contributed by atoms with Gasteiger partial charge in [0.15, 0.2) is 0 Å². The van der Waals surface area contributed by atoms with Gasteiger partial charge < -0.3 is 9.64 Å². The monoisotopic (exact) mass is 398 g/mol. The van der Waals surface area contributed by atoms with E-state index >= 15 is 0 Å². The highest BCUT2D eigenvalue weighted by molar-refractivity contribution is 5.88. The fourth-order valence-corrected chi connectivity index (χ4v) is 3.93. The van der Waals surface area contributed by atoms with Gasteiger partial charge in [-0.1, -0.05) is 54.6 Å². The van der Waals surface area contributed by atoms with Crippen molar-refractivity contribution < 1.29 is 9.66 Å². The number of hydrogen-bond acceptors (Lipinski definition) is 6. The summed E-state index contributed by atoms with van der Waals surface area (Å²) in [7, 11) is 0. The first kappa shape index (κ1) is 18.1. The van der Waals surface area contributed by atoms with E-state index in [9.17, 15) is 10.1 Å². The van der Waals surface area contributed by atoms with Crippen molar-refractivity contribution in [1.82, 2.24) is 9.97 Å². The van der Waals surface area contributed by atoms with Crippen molar-refractivity contribution in [2.24, 2.45) is 0 Å². The Kier molecular flexibility index (Phi) is 4.48. The van der Waals surface area contributed by atoms with Crippen LogP contribution in [0.5, 0.6) is 11.6 Å². The minimum atomic E-state index is -0.465. The highest BCUT2D eigenvalue weighted by Gasteiger charge is 2.31. The van der Waals surface area contributed by atoms with Crippen LogP contribution in [0.15, 0.2) is 73.1 Å². The predicted octanol–water partition coefficient (Wildman–Crippen LogP) is 5.41. The molecule has 3 aromatic carbocycles. The molecule has 5 rings (SSSR count). The molecule has 0 unspecified atom stereocenters. The smallest absolute Gasteiger partial charge is 0.373 e. The van der Waals surface area contributed by atoms with Crippen LogP contribution in [0.2, 0.25) is 0 Å². The molecule has 0 fully saturated rings. The lowest BCUT2D eigenvalue weighted by atomic mass is 10.0. The zero-order valence-corrected chi connectivity index (χ0v) is 16.1. The summed E-state index contributed by atoms with van der Waals surface area (Å²) in [4.78, 5) is 21.9. The van der Waals surface area contributed by atoms with E-state index in [1.165, 1.54) is 6.33 Å². The number of benzene rings is 3. The quantitative estimate of drug-likeness (QED) is 0.337. The van der Waals surface area contributed by atoms with E-state index in [1.54, 1.807) is 6.07 Å². The fourth-order valence-electron chi connectivity index (χ4n) is 3.93. The number of hydrogen-bond donors (Lipinski definition) is 0. The largest absolute Gasteiger partial charge is 0.433 e. The van der Waals surface area contributed by atoms with E-state index in [1.807, 2.05) is 65.6 Å². The maximum atomic E-state index is 12.1. The number of nitrogens with zero attached hydrogens (tertiary/aromatic N) is 4. The SMILES string of the molecule is O=[N+]([O-])c1c(Oc2cccc3ccccc23)ncnc1N1CCCc2ccccc21. The molecule has 148 valence electrons. The van der Waals surface area contributed by atoms with E-state index in [4.69, 9.17) is 4.74 Å². The highest BCUT2D eigenvalue weighted by Crippen LogP contribution is 2.42. The Morgan fingerprint density at radius 2 is 1.77 bits per heavy atom. The Hall–Kier alpha value is -4.00. The molecule has 1 aliphatic heterocycles. The van der Waals surface area contributed by atoms with Gasteiger partial charge in [0.1, 0.15) is 12.1 Å². The summed E-state index contributed by atoms with van der Waals surface area (Å²) in [5.74, 6) is 0.696. The van der Waals surface area contributed by atoms with Crippen LogP contribution in [0.4, 0.5) is 17.2 Å². The van der Waals surface area contributed by atoms with Crippen molar-refractivity contribution in [2.75, 3.05) is 11.4 Å². The Bertz CT molecular complexity index is 1250. The van der Waals surface area contributed by atoms with Crippen LogP contribution in [0.3, 0.4) is 0 Å². The van der Waals surface area contributed by atoms with Crippen LogP contribution >= 0.6 is 0 Å². The predicted molar refractivity (Wildman–Crippen MR) is 114 cm³/mol. The van der Waals surface area contributed by atoms with Crippen molar-refractivity contribution in [3.63, 3.8) is 0 Å². The topological polar surface area (TPSA) is 81.4 Å². The van der Waals surface area contributed by atoms with Crippen molar-refractivity contribution in [2.45, 2.75) is 12.8 Å². The third kappa shape index (κ3) is 3.10. The standard InChI is InChI=1S/C23H18N4O3/c28-27(29)21-22(26-14-6-10-17-8-2-4-12-19(17)26)24-15-25-23(21)30-20-13-5-9-16-7-1-3-11-18(16)20/h1-5,7-9,11-13,15H,6,10,14H2. The number of fused-ring (bicyclic) bond motifs is 2. The summed E-state index contributed by atoms with van der Waals surface area (Å²) in [6.45, 7) is 0.641. The maximum Gasteiger partial charge on any atom is 0.373 e. The molecule has 1 aromatic heterocycles. The van der Waals surface area contributed by atoms with Gasteiger partial charge >= 0.3 is 11.6 Å². The van der Waals surface area contributed by atoms with Crippen LogP contribution in [0.25, 0.3) is 10.8 Å². The summed E-state index contributed by atoms with van der Waals surface area (Å²) in [6, 6.07) is 21.2. The molecule has 0 atom stereocenters. The van der Waals surface area contributed by atoms with Gasteiger partial charge in [0, 0.05) is 17.6 Å². The highest BCUT2D eigenvalue weighted by atomic mass is 16.6. The van der Waals surface area contributed by atoms with Crippen LogP contribution in [-0.2, 0) is 6.42 Å². The molecular weight excluding hydrogens is 380 g/mol. The zero-order chi connectivity index (χ0) is 20.5. The van der Waals surface area contributed by atoms with Gasteiger partial charge in [0.25, 0.3) is 0 Å². The molecule has 0 N–H and O–H groups in total. The molecule has 0 spiro atoms. The molecular formula is C23H18N4O3. The normalized spacial score (nSPS) is 13.1. The second kappa shape index (κ2) is 7.44. The average molecular weight is 398 g/mol. The Balaban J connectivity index is 1.62. The molecule has 0 amide bonds. The Labute approximate surface area is 172 Å². The Morgan fingerprint density at radius 3 is 2.67 bits per heavy atom. The number of anilines is 2. The number of nitro groups is 1. The van der Waals surface area contributed by atoms with Crippen molar-refractivity contribution in [3.8, 4) is 11.6 Å². The van der Waals surface area contributed by atoms with Gasteiger partial charge in [0.05, 0.1) is 4.92 Å². The number of aryl methyl sites for hydroxylation is 1. The number of ether oxygens (including phenoxy) is 1. The fraction of sp³-hybridized carbons (Fsp3) is 0.130. The number of rotatable bonds is 4. The first-order valence-electron chi connectivity index (χ1n) is 9.73. The Morgan fingerprint density at radius 1 is 0.967 bits per heavy atom. The van der Waals surface area contributed by atoms with E-state index in [0.717, 1.165) is 34.9 Å². The maximum absolute atomic E-state index is 12.1. The molecule has 0 aliphatic carbocycles. The minimum Gasteiger partial charge on any atom is -0.433 e. The third-order valence-electron chi connectivity index (χ3n) is 5.27. The molecule has 30 heavy (non-hydrogen) atoms. The van der Waals surface area contributed by atoms with Crippen molar-refractivity contribution in [1.29, 1.82) is 0 Å². The molecule has 0 saturated heterocycles. The minimum absolute atomic E-state index is 0.0654. The molecule has 7 nitrogen and oxygen atoms in total. The van der Waals surface area contributed by atoms with E-state index in [0.29, 0.717) is 12.3 Å². The summed E-state index contributed by atoms with van der Waals surface area (Å²) >= 11 is 0. The van der Waals surface area contributed by atoms with Crippen LogP contribution in [-0.4, -0.2) is 21.4 Å². The second-order valence-corrected chi connectivity index (χ2v) is 7.07. The molecule has 0 bridgehead atoms. The van der Waals surface area contributed by atoms with Crippen LogP contribution in [0.1, 0.15) is 12.0 Å². The second-order valence-electron chi connectivity index (χ2n) is 7.07. The molecule has 0 saturated carbocycles.